The van der Waals surface area contributed by atoms with Gasteiger partial charge in [0.15, 0.2) is 17.5 Å². The molecule has 4 aromatic heterocycles. The van der Waals surface area contributed by atoms with Crippen molar-refractivity contribution in [2.24, 2.45) is 0 Å². The lowest BCUT2D eigenvalue weighted by Crippen LogP contribution is -2.01. The average Bonchev–Trinajstić information content (AvgIpc) is 3.95. The summed E-state index contributed by atoms with van der Waals surface area (Å²) in [4.78, 5) is 20.1. The number of fused-ring (bicyclic) bond motifs is 10. The van der Waals surface area contributed by atoms with Gasteiger partial charge >= 0.3 is 0 Å². The van der Waals surface area contributed by atoms with E-state index in [1.165, 1.54) is 10.8 Å². The Kier molecular flexibility index (Phi) is 8.11. The average molecular weight is 819 g/mol. The monoisotopic (exact) mass is 818 g/mol. The van der Waals surface area contributed by atoms with Crippen LogP contribution in [0.15, 0.2) is 215 Å². The highest BCUT2D eigenvalue weighted by atomic mass is 16.3. The van der Waals surface area contributed by atoms with Crippen LogP contribution in [-0.2, 0) is 0 Å². The fraction of sp³-hybridized carbons (Fsp3) is 0. The SMILES string of the molecule is c1ccc(-c2nc(-c3cc(-c4ccc5oc6ccc7ccccc7c6c5c4)cc(-c4ccc5oc6ccc7ccccc7c6c5c4)c3)nc(-c3ccccc3-c3cccnc3)n2)cc1. The minimum atomic E-state index is 0.564. The van der Waals surface area contributed by atoms with E-state index < -0.39 is 0 Å². The van der Waals surface area contributed by atoms with E-state index in [1.807, 2.05) is 54.7 Å². The second kappa shape index (κ2) is 14.4. The summed E-state index contributed by atoms with van der Waals surface area (Å²) in [6.45, 7) is 0. The van der Waals surface area contributed by atoms with E-state index in [2.05, 4.69) is 151 Å². The molecule has 13 aromatic rings. The van der Waals surface area contributed by atoms with Crippen LogP contribution in [-0.4, -0.2) is 19.9 Å². The van der Waals surface area contributed by atoms with Crippen molar-refractivity contribution in [3.8, 4) is 67.5 Å². The van der Waals surface area contributed by atoms with Gasteiger partial charge < -0.3 is 8.83 Å². The van der Waals surface area contributed by atoms with Gasteiger partial charge in [-0.2, -0.15) is 0 Å². The summed E-state index contributed by atoms with van der Waals surface area (Å²) in [6.07, 6.45) is 3.66. The maximum absolute atomic E-state index is 6.45. The summed E-state index contributed by atoms with van der Waals surface area (Å²) in [5.74, 6) is 1.73. The Morgan fingerprint density at radius 3 is 1.41 bits per heavy atom. The number of pyridine rings is 1. The molecule has 0 N–H and O–H groups in total. The quantitative estimate of drug-likeness (QED) is 0.166. The first kappa shape index (κ1) is 36.0. The highest BCUT2D eigenvalue weighted by Gasteiger charge is 2.19. The van der Waals surface area contributed by atoms with Gasteiger partial charge in [-0.3, -0.25) is 4.98 Å². The molecule has 13 rings (SSSR count). The fourth-order valence-electron chi connectivity index (χ4n) is 9.34. The molecule has 64 heavy (non-hydrogen) atoms. The molecule has 4 heterocycles. The Bertz CT molecular complexity index is 3790. The molecular formula is C58H34N4O2. The van der Waals surface area contributed by atoms with E-state index in [4.69, 9.17) is 23.8 Å². The smallest absolute Gasteiger partial charge is 0.164 e. The number of hydrogen-bond donors (Lipinski definition) is 0. The zero-order valence-corrected chi connectivity index (χ0v) is 34.2. The molecule has 0 spiro atoms. The highest BCUT2D eigenvalue weighted by molar-refractivity contribution is 6.20. The lowest BCUT2D eigenvalue weighted by molar-refractivity contribution is 0.669. The van der Waals surface area contributed by atoms with Crippen molar-refractivity contribution in [1.82, 2.24) is 19.9 Å². The van der Waals surface area contributed by atoms with Gasteiger partial charge in [-0.05, 0) is 110 Å². The largest absolute Gasteiger partial charge is 0.456 e. The van der Waals surface area contributed by atoms with Crippen LogP contribution in [0.1, 0.15) is 0 Å². The van der Waals surface area contributed by atoms with E-state index in [-0.39, 0.29) is 0 Å². The molecule has 0 aliphatic carbocycles. The van der Waals surface area contributed by atoms with Gasteiger partial charge in [-0.1, -0.05) is 133 Å². The lowest BCUT2D eigenvalue weighted by Gasteiger charge is -2.14. The zero-order chi connectivity index (χ0) is 42.1. The van der Waals surface area contributed by atoms with Crippen molar-refractivity contribution in [2.45, 2.75) is 0 Å². The number of furan rings is 2. The minimum Gasteiger partial charge on any atom is -0.456 e. The summed E-state index contributed by atoms with van der Waals surface area (Å²) in [5.41, 5.74) is 12.2. The van der Waals surface area contributed by atoms with Gasteiger partial charge in [-0.15, -0.1) is 0 Å². The lowest BCUT2D eigenvalue weighted by atomic mass is 9.93. The molecule has 0 saturated carbocycles. The maximum Gasteiger partial charge on any atom is 0.164 e. The molecular weight excluding hydrogens is 785 g/mol. The molecule has 0 fully saturated rings. The summed E-state index contributed by atoms with van der Waals surface area (Å²) < 4.78 is 12.9. The van der Waals surface area contributed by atoms with Crippen LogP contribution < -0.4 is 0 Å². The molecule has 0 saturated heterocycles. The number of rotatable bonds is 6. The van der Waals surface area contributed by atoms with Crippen LogP contribution in [0.3, 0.4) is 0 Å². The summed E-state index contributed by atoms with van der Waals surface area (Å²) >= 11 is 0. The predicted octanol–water partition coefficient (Wildman–Crippen LogP) is 15.4. The summed E-state index contributed by atoms with van der Waals surface area (Å²) in [7, 11) is 0. The first-order valence-electron chi connectivity index (χ1n) is 21.3. The third-order valence-electron chi connectivity index (χ3n) is 12.4. The van der Waals surface area contributed by atoms with E-state index in [0.717, 1.165) is 105 Å². The summed E-state index contributed by atoms with van der Waals surface area (Å²) in [6, 6.07) is 67.4. The van der Waals surface area contributed by atoms with Gasteiger partial charge in [0.05, 0.1) is 0 Å². The standard InChI is InChI=1S/C58H34N4O2/c1-2-13-37(14-3-1)56-60-57(62-58(61-56)47-19-9-8-16-44(47)40-15-10-28-59-34-40)43-30-41(38-22-24-50-48(32-38)54-45-17-6-4-11-35(45)20-26-52(54)63-50)29-42(31-43)39-23-25-51-49(33-39)55-46-18-7-5-12-36(46)21-27-53(55)64-51/h1-34H. The van der Waals surface area contributed by atoms with Crippen molar-refractivity contribution >= 4 is 65.4 Å². The second-order valence-electron chi connectivity index (χ2n) is 16.2. The molecule has 298 valence electrons. The molecule has 0 amide bonds. The Labute approximate surface area is 366 Å². The number of hydrogen-bond acceptors (Lipinski definition) is 6. The number of benzene rings is 9. The van der Waals surface area contributed by atoms with Gasteiger partial charge in [-0.25, -0.2) is 15.0 Å². The van der Waals surface area contributed by atoms with E-state index in [0.29, 0.717) is 17.5 Å². The molecule has 6 heteroatoms. The van der Waals surface area contributed by atoms with Gasteiger partial charge in [0, 0.05) is 56.2 Å². The Morgan fingerprint density at radius 1 is 0.297 bits per heavy atom. The summed E-state index contributed by atoms with van der Waals surface area (Å²) in [5, 5.41) is 9.02. The topological polar surface area (TPSA) is 77.8 Å². The van der Waals surface area contributed by atoms with E-state index in [9.17, 15) is 0 Å². The van der Waals surface area contributed by atoms with Crippen molar-refractivity contribution in [3.63, 3.8) is 0 Å². The van der Waals surface area contributed by atoms with Crippen molar-refractivity contribution in [3.05, 3.63) is 207 Å². The van der Waals surface area contributed by atoms with Crippen LogP contribution in [0.25, 0.3) is 133 Å². The molecule has 0 atom stereocenters. The third-order valence-corrected chi connectivity index (χ3v) is 12.4. The number of nitrogens with zero attached hydrogens (tertiary/aromatic N) is 4. The Hall–Kier alpha value is -8.74. The second-order valence-corrected chi connectivity index (χ2v) is 16.2. The molecule has 0 unspecified atom stereocenters. The molecule has 0 radical (unpaired) electrons. The number of aromatic nitrogens is 4. The van der Waals surface area contributed by atoms with Crippen molar-refractivity contribution in [2.75, 3.05) is 0 Å². The van der Waals surface area contributed by atoms with Crippen molar-refractivity contribution in [1.29, 1.82) is 0 Å². The normalized spacial score (nSPS) is 11.8. The fourth-order valence-corrected chi connectivity index (χ4v) is 9.34. The van der Waals surface area contributed by atoms with E-state index in [1.54, 1.807) is 6.20 Å². The van der Waals surface area contributed by atoms with Crippen LogP contribution in [0.5, 0.6) is 0 Å². The third kappa shape index (κ3) is 5.96. The van der Waals surface area contributed by atoms with Crippen molar-refractivity contribution < 1.29 is 8.83 Å². The molecule has 0 aliphatic rings. The first-order chi connectivity index (χ1) is 31.7. The highest BCUT2D eigenvalue weighted by Crippen LogP contribution is 2.41. The van der Waals surface area contributed by atoms with Gasteiger partial charge in [0.25, 0.3) is 0 Å². The van der Waals surface area contributed by atoms with Crippen LogP contribution in [0, 0.1) is 0 Å². The maximum atomic E-state index is 6.45. The molecule has 9 aromatic carbocycles. The minimum absolute atomic E-state index is 0.564. The zero-order valence-electron chi connectivity index (χ0n) is 34.2. The van der Waals surface area contributed by atoms with E-state index >= 15 is 0 Å². The first-order valence-corrected chi connectivity index (χ1v) is 21.3. The molecule has 0 aliphatic heterocycles. The molecule has 0 bridgehead atoms. The molecule has 6 nitrogen and oxygen atoms in total. The Morgan fingerprint density at radius 2 is 0.797 bits per heavy atom. The van der Waals surface area contributed by atoms with Crippen LogP contribution in [0.2, 0.25) is 0 Å². The Balaban J connectivity index is 1.06. The predicted molar refractivity (Wildman–Crippen MR) is 260 cm³/mol. The van der Waals surface area contributed by atoms with Crippen LogP contribution >= 0.6 is 0 Å². The van der Waals surface area contributed by atoms with Crippen LogP contribution in [0.4, 0.5) is 0 Å². The van der Waals surface area contributed by atoms with Gasteiger partial charge in [0.2, 0.25) is 0 Å². The van der Waals surface area contributed by atoms with Gasteiger partial charge in [0.1, 0.15) is 22.3 Å².